The van der Waals surface area contributed by atoms with Gasteiger partial charge in [-0.3, -0.25) is 0 Å². The fourth-order valence-electron chi connectivity index (χ4n) is 1.94. The minimum atomic E-state index is 0. The van der Waals surface area contributed by atoms with Gasteiger partial charge in [0.25, 0.3) is 0 Å². The molecule has 0 radical (unpaired) electrons. The molecule has 5 heteroatoms. The third-order valence-corrected chi connectivity index (χ3v) is 2.91. The van der Waals surface area contributed by atoms with Gasteiger partial charge in [-0.25, -0.2) is 4.98 Å². The Hall–Kier alpha value is -2.51. The Morgan fingerprint density at radius 3 is 2.55 bits per heavy atom. The van der Waals surface area contributed by atoms with E-state index in [0.29, 0.717) is 12.1 Å². The summed E-state index contributed by atoms with van der Waals surface area (Å²) in [6, 6.07) is 17.4. The number of hydrogen-bond acceptors (Lipinski definition) is 3. The zero-order valence-corrected chi connectivity index (χ0v) is 11.4. The molecule has 100 valence electrons. The molecule has 4 nitrogen and oxygen atoms in total. The molecule has 0 fully saturated rings. The van der Waals surface area contributed by atoms with Crippen LogP contribution in [-0.4, -0.2) is 9.97 Å². The van der Waals surface area contributed by atoms with Crippen LogP contribution >= 0.6 is 12.4 Å². The van der Waals surface area contributed by atoms with Gasteiger partial charge in [0.15, 0.2) is 0 Å². The molecule has 0 saturated heterocycles. The number of rotatable bonds is 3. The number of nitrogens with zero attached hydrogens (tertiary/aromatic N) is 2. The topological polar surface area (TPSA) is 64.5 Å². The SMILES string of the molecule is Cl.N#Cc1ccc(NCc2nc3ccccc3[nH]2)cc1. The van der Waals surface area contributed by atoms with Gasteiger partial charge in [-0.05, 0) is 36.4 Å². The first-order valence-corrected chi connectivity index (χ1v) is 6.03. The first kappa shape index (κ1) is 13.9. The Bertz CT molecular complexity index is 707. The molecule has 0 saturated carbocycles. The Balaban J connectivity index is 0.00000147. The van der Waals surface area contributed by atoms with Gasteiger partial charge in [-0.2, -0.15) is 5.26 Å². The van der Waals surface area contributed by atoms with E-state index >= 15 is 0 Å². The number of aromatic nitrogens is 2. The zero-order valence-electron chi connectivity index (χ0n) is 10.6. The van der Waals surface area contributed by atoms with E-state index in [9.17, 15) is 0 Å². The number of fused-ring (bicyclic) bond motifs is 1. The first-order chi connectivity index (χ1) is 9.35. The van der Waals surface area contributed by atoms with E-state index in [1.54, 1.807) is 12.1 Å². The normalized spacial score (nSPS) is 9.75. The summed E-state index contributed by atoms with van der Waals surface area (Å²) in [5.74, 6) is 0.894. The molecule has 2 aromatic carbocycles. The van der Waals surface area contributed by atoms with Crippen LogP contribution in [0.4, 0.5) is 5.69 Å². The lowest BCUT2D eigenvalue weighted by Crippen LogP contribution is -2.00. The van der Waals surface area contributed by atoms with Crippen LogP contribution in [0, 0.1) is 11.3 Å². The predicted molar refractivity (Wildman–Crippen MR) is 81.8 cm³/mol. The van der Waals surface area contributed by atoms with E-state index in [-0.39, 0.29) is 12.4 Å². The van der Waals surface area contributed by atoms with Crippen LogP contribution in [-0.2, 0) is 6.54 Å². The molecule has 0 bridgehead atoms. The molecular weight excluding hydrogens is 272 g/mol. The van der Waals surface area contributed by atoms with Crippen molar-refractivity contribution >= 4 is 29.1 Å². The van der Waals surface area contributed by atoms with Crippen molar-refractivity contribution in [1.29, 1.82) is 5.26 Å². The van der Waals surface area contributed by atoms with Gasteiger partial charge in [0.1, 0.15) is 5.82 Å². The third-order valence-electron chi connectivity index (χ3n) is 2.91. The number of aromatic amines is 1. The number of hydrogen-bond donors (Lipinski definition) is 2. The van der Waals surface area contributed by atoms with Crippen molar-refractivity contribution in [2.75, 3.05) is 5.32 Å². The maximum absolute atomic E-state index is 8.73. The van der Waals surface area contributed by atoms with E-state index in [1.807, 2.05) is 36.4 Å². The highest BCUT2D eigenvalue weighted by Gasteiger charge is 2.01. The van der Waals surface area contributed by atoms with E-state index < -0.39 is 0 Å². The Kier molecular flexibility index (Phi) is 4.24. The average Bonchev–Trinajstić information content (AvgIpc) is 2.88. The number of nitriles is 1. The predicted octanol–water partition coefficient (Wildman–Crippen LogP) is 3.47. The lowest BCUT2D eigenvalue weighted by molar-refractivity contribution is 1.01. The Labute approximate surface area is 122 Å². The molecular formula is C15H13ClN4. The molecule has 20 heavy (non-hydrogen) atoms. The van der Waals surface area contributed by atoms with E-state index in [4.69, 9.17) is 5.26 Å². The second-order valence-electron chi connectivity index (χ2n) is 4.24. The summed E-state index contributed by atoms with van der Waals surface area (Å²) < 4.78 is 0. The number of para-hydroxylation sites is 2. The highest BCUT2D eigenvalue weighted by atomic mass is 35.5. The number of imidazole rings is 1. The van der Waals surface area contributed by atoms with E-state index in [1.165, 1.54) is 0 Å². The molecule has 0 aliphatic heterocycles. The van der Waals surface area contributed by atoms with Crippen molar-refractivity contribution in [3.8, 4) is 6.07 Å². The summed E-state index contributed by atoms with van der Waals surface area (Å²) >= 11 is 0. The molecule has 1 aromatic heterocycles. The minimum absolute atomic E-state index is 0. The summed E-state index contributed by atoms with van der Waals surface area (Å²) in [6.07, 6.45) is 0. The van der Waals surface area contributed by atoms with Gasteiger partial charge >= 0.3 is 0 Å². The van der Waals surface area contributed by atoms with Crippen LogP contribution in [0.15, 0.2) is 48.5 Å². The van der Waals surface area contributed by atoms with Gasteiger partial charge < -0.3 is 10.3 Å². The fraction of sp³-hybridized carbons (Fsp3) is 0.0667. The van der Waals surface area contributed by atoms with Crippen LogP contribution in [0.1, 0.15) is 11.4 Å². The van der Waals surface area contributed by atoms with Crippen molar-refractivity contribution in [1.82, 2.24) is 9.97 Å². The maximum Gasteiger partial charge on any atom is 0.126 e. The monoisotopic (exact) mass is 284 g/mol. The number of benzene rings is 2. The molecule has 0 amide bonds. The maximum atomic E-state index is 8.73. The summed E-state index contributed by atoms with van der Waals surface area (Å²) in [7, 11) is 0. The second kappa shape index (κ2) is 6.09. The zero-order chi connectivity index (χ0) is 13.1. The summed E-state index contributed by atoms with van der Waals surface area (Å²) in [5.41, 5.74) is 3.65. The molecule has 3 aromatic rings. The lowest BCUT2D eigenvalue weighted by atomic mass is 10.2. The standard InChI is InChI=1S/C15H12N4.ClH/c16-9-11-5-7-12(8-6-11)17-10-15-18-13-3-1-2-4-14(13)19-15;/h1-8,17H,10H2,(H,18,19);1H. The fourth-order valence-corrected chi connectivity index (χ4v) is 1.94. The largest absolute Gasteiger partial charge is 0.378 e. The van der Waals surface area contributed by atoms with E-state index in [2.05, 4.69) is 21.4 Å². The smallest absolute Gasteiger partial charge is 0.126 e. The summed E-state index contributed by atoms with van der Waals surface area (Å²) in [6.45, 7) is 0.626. The van der Waals surface area contributed by atoms with Crippen molar-refractivity contribution in [2.24, 2.45) is 0 Å². The van der Waals surface area contributed by atoms with Crippen LogP contribution in [0.25, 0.3) is 11.0 Å². The third kappa shape index (κ3) is 2.90. The van der Waals surface area contributed by atoms with E-state index in [0.717, 1.165) is 22.5 Å². The van der Waals surface area contributed by atoms with Crippen molar-refractivity contribution < 1.29 is 0 Å². The Morgan fingerprint density at radius 1 is 1.10 bits per heavy atom. The van der Waals surface area contributed by atoms with Crippen LogP contribution in [0.3, 0.4) is 0 Å². The van der Waals surface area contributed by atoms with Crippen LogP contribution < -0.4 is 5.32 Å². The lowest BCUT2D eigenvalue weighted by Gasteiger charge is -2.03. The molecule has 0 unspecified atom stereocenters. The molecule has 0 spiro atoms. The van der Waals surface area contributed by atoms with Gasteiger partial charge in [0, 0.05) is 5.69 Å². The van der Waals surface area contributed by atoms with Gasteiger partial charge in [-0.1, -0.05) is 12.1 Å². The Morgan fingerprint density at radius 2 is 1.85 bits per heavy atom. The number of nitrogens with one attached hydrogen (secondary N) is 2. The highest BCUT2D eigenvalue weighted by molar-refractivity contribution is 5.85. The number of H-pyrrole nitrogens is 1. The molecule has 3 rings (SSSR count). The van der Waals surface area contributed by atoms with Crippen LogP contribution in [0.2, 0.25) is 0 Å². The molecule has 2 N–H and O–H groups in total. The summed E-state index contributed by atoms with van der Waals surface area (Å²) in [4.78, 5) is 7.75. The highest BCUT2D eigenvalue weighted by Crippen LogP contribution is 2.13. The van der Waals surface area contributed by atoms with Gasteiger partial charge in [-0.15, -0.1) is 12.4 Å². The average molecular weight is 285 g/mol. The molecule has 0 aliphatic rings. The quantitative estimate of drug-likeness (QED) is 0.774. The molecule has 0 aliphatic carbocycles. The number of halogens is 1. The summed E-state index contributed by atoms with van der Waals surface area (Å²) in [5, 5.41) is 12.0. The van der Waals surface area contributed by atoms with Gasteiger partial charge in [0.2, 0.25) is 0 Å². The molecule has 1 heterocycles. The minimum Gasteiger partial charge on any atom is -0.378 e. The van der Waals surface area contributed by atoms with Gasteiger partial charge in [0.05, 0.1) is 29.2 Å². The number of anilines is 1. The second-order valence-corrected chi connectivity index (χ2v) is 4.24. The first-order valence-electron chi connectivity index (χ1n) is 6.03. The van der Waals surface area contributed by atoms with Crippen LogP contribution in [0.5, 0.6) is 0 Å². The van der Waals surface area contributed by atoms with Crippen molar-refractivity contribution in [2.45, 2.75) is 6.54 Å². The van der Waals surface area contributed by atoms with Crippen molar-refractivity contribution in [3.05, 3.63) is 59.9 Å². The van der Waals surface area contributed by atoms with Crippen molar-refractivity contribution in [3.63, 3.8) is 0 Å². The molecule has 0 atom stereocenters.